The van der Waals surface area contributed by atoms with Crippen LogP contribution in [0.25, 0.3) is 21.8 Å². The molecule has 0 saturated carbocycles. The van der Waals surface area contributed by atoms with Gasteiger partial charge in [-0.2, -0.15) is 10.5 Å². The molecule has 2 aromatic carbocycles. The smallest absolute Gasteiger partial charge is 0.222 e. The van der Waals surface area contributed by atoms with Crippen molar-refractivity contribution in [3.05, 3.63) is 83.2 Å². The number of carbonyl (C=O) groups is 2. The first-order chi connectivity index (χ1) is 29.9. The molecule has 4 fully saturated rings. The summed E-state index contributed by atoms with van der Waals surface area (Å²) in [5.74, 6) is 3.16. The number of piperidine rings is 4. The van der Waals surface area contributed by atoms with Crippen LogP contribution in [0.15, 0.2) is 60.9 Å². The zero-order valence-corrected chi connectivity index (χ0v) is 38.1. The zero-order valence-electron chi connectivity index (χ0n) is 38.1. The lowest BCUT2D eigenvalue weighted by Crippen LogP contribution is -2.44. The van der Waals surface area contributed by atoms with Gasteiger partial charge in [0.2, 0.25) is 11.8 Å². The number of amides is 2. The van der Waals surface area contributed by atoms with Gasteiger partial charge in [-0.15, -0.1) is 0 Å². The third kappa shape index (κ3) is 10.6. The van der Waals surface area contributed by atoms with Crippen LogP contribution in [-0.2, 0) is 9.59 Å². The average Bonchev–Trinajstić information content (AvgIpc) is 3.28. The van der Waals surface area contributed by atoms with E-state index in [2.05, 4.69) is 108 Å². The molecule has 0 aliphatic carbocycles. The Morgan fingerprint density at radius 3 is 1.35 bits per heavy atom. The summed E-state index contributed by atoms with van der Waals surface area (Å²) < 4.78 is 0. The van der Waals surface area contributed by atoms with E-state index in [4.69, 9.17) is 0 Å². The third-order valence-corrected chi connectivity index (χ3v) is 14.4. The fraction of sp³-hybridized carbons (Fsp3) is 0.577. The highest BCUT2D eigenvalue weighted by atomic mass is 16.2. The fourth-order valence-electron chi connectivity index (χ4n) is 10.9. The van der Waals surface area contributed by atoms with Gasteiger partial charge in [-0.25, -0.2) is 0 Å². The van der Waals surface area contributed by atoms with Crippen molar-refractivity contribution >= 4 is 33.6 Å². The van der Waals surface area contributed by atoms with Gasteiger partial charge in [-0.1, -0.05) is 38.1 Å². The summed E-state index contributed by atoms with van der Waals surface area (Å²) in [5, 5.41) is 21.0. The van der Waals surface area contributed by atoms with Crippen LogP contribution in [-0.4, -0.2) is 106 Å². The zero-order chi connectivity index (χ0) is 43.9. The van der Waals surface area contributed by atoms with Crippen LogP contribution in [0, 0.1) is 46.3 Å². The van der Waals surface area contributed by atoms with E-state index in [9.17, 15) is 20.1 Å². The number of pyridine rings is 2. The number of carbonyl (C=O) groups excluding carboxylic acids is 2. The molecular weight excluding hydrogens is 769 g/mol. The Hall–Kier alpha value is -4.90. The fourth-order valence-corrected chi connectivity index (χ4v) is 10.9. The molecule has 4 saturated heterocycles. The van der Waals surface area contributed by atoms with Gasteiger partial charge >= 0.3 is 0 Å². The van der Waals surface area contributed by atoms with Gasteiger partial charge in [0.25, 0.3) is 0 Å². The normalized spacial score (nSPS) is 23.3. The number of likely N-dealkylation sites (tertiary alicyclic amines) is 4. The predicted octanol–water partition coefficient (Wildman–Crippen LogP) is 9.14. The van der Waals surface area contributed by atoms with Gasteiger partial charge in [0.05, 0.1) is 22.2 Å². The number of hydrogen-bond acceptors (Lipinski definition) is 8. The highest BCUT2D eigenvalue weighted by Crippen LogP contribution is 2.37. The molecule has 4 aliphatic heterocycles. The summed E-state index contributed by atoms with van der Waals surface area (Å²) in [4.78, 5) is 44.6. The number of hydrogen-bond donors (Lipinski definition) is 0. The molecule has 0 spiro atoms. The maximum absolute atomic E-state index is 13.2. The van der Waals surface area contributed by atoms with Crippen molar-refractivity contribution in [2.75, 3.05) is 52.4 Å². The molecule has 2 aromatic heterocycles. The maximum Gasteiger partial charge on any atom is 0.222 e. The summed E-state index contributed by atoms with van der Waals surface area (Å²) >= 11 is 0. The number of fused-ring (bicyclic) bond motifs is 2. The van der Waals surface area contributed by atoms with Crippen LogP contribution in [0.5, 0.6) is 0 Å². The van der Waals surface area contributed by atoms with Crippen molar-refractivity contribution in [2.24, 2.45) is 23.7 Å². The van der Waals surface area contributed by atoms with Crippen LogP contribution < -0.4 is 0 Å². The van der Waals surface area contributed by atoms with Crippen molar-refractivity contribution in [3.63, 3.8) is 0 Å². The van der Waals surface area contributed by atoms with E-state index in [1.165, 1.54) is 11.1 Å². The topological polar surface area (TPSA) is 120 Å². The molecule has 1 unspecified atom stereocenters. The van der Waals surface area contributed by atoms with E-state index in [-0.39, 0.29) is 11.8 Å². The van der Waals surface area contributed by atoms with E-state index in [1.807, 2.05) is 24.3 Å². The lowest BCUT2D eigenvalue weighted by atomic mass is 9.82. The summed E-state index contributed by atoms with van der Waals surface area (Å²) in [5.41, 5.74) is 5.21. The highest BCUT2D eigenvalue weighted by molar-refractivity contribution is 5.88. The van der Waals surface area contributed by atoms with Gasteiger partial charge < -0.3 is 19.6 Å². The molecule has 2 amide bonds. The molecule has 328 valence electrons. The number of nitrogens with zero attached hydrogens (tertiary/aromatic N) is 8. The summed E-state index contributed by atoms with van der Waals surface area (Å²) in [6.45, 7) is 21.2. The first-order valence-electron chi connectivity index (χ1n) is 23.5. The molecule has 4 aromatic rings. The standard InChI is InChI=1S/2C26H34N4O/c2*1-18(2)29-11-8-20(9-12-29)14-25(31)30-16-19(3)13-22(17-30)23-7-6-21(15-27)26-24(23)5-4-10-28-26/h2*4-7,10,18-20,22H,8-9,11-14,16-17H2,1-3H3/t19-,22?;19-,22+/m01/s1. The van der Waals surface area contributed by atoms with E-state index in [0.29, 0.717) is 71.5 Å². The van der Waals surface area contributed by atoms with Crippen molar-refractivity contribution in [2.45, 2.75) is 117 Å². The van der Waals surface area contributed by atoms with Gasteiger partial charge in [0, 0.05) is 86.1 Å². The van der Waals surface area contributed by atoms with Crippen LogP contribution in [0.4, 0.5) is 0 Å². The number of benzene rings is 2. The monoisotopic (exact) mass is 837 g/mol. The molecule has 0 bridgehead atoms. The molecule has 0 radical (unpaired) electrons. The van der Waals surface area contributed by atoms with Crippen molar-refractivity contribution in [1.29, 1.82) is 10.5 Å². The molecule has 4 atom stereocenters. The first-order valence-corrected chi connectivity index (χ1v) is 23.5. The van der Waals surface area contributed by atoms with Crippen molar-refractivity contribution in [3.8, 4) is 12.1 Å². The lowest BCUT2D eigenvalue weighted by Gasteiger charge is -2.39. The Kier molecular flexibility index (Phi) is 14.9. The van der Waals surface area contributed by atoms with Crippen molar-refractivity contribution in [1.82, 2.24) is 29.6 Å². The first kappa shape index (κ1) is 45.1. The third-order valence-electron chi connectivity index (χ3n) is 14.4. The summed E-state index contributed by atoms with van der Waals surface area (Å²) in [7, 11) is 0. The van der Waals surface area contributed by atoms with E-state index in [1.54, 1.807) is 12.4 Å². The van der Waals surface area contributed by atoms with E-state index >= 15 is 0 Å². The van der Waals surface area contributed by atoms with Gasteiger partial charge in [0.1, 0.15) is 12.1 Å². The van der Waals surface area contributed by atoms with Crippen molar-refractivity contribution < 1.29 is 9.59 Å². The molecule has 10 heteroatoms. The van der Waals surface area contributed by atoms with Gasteiger partial charge in [0.15, 0.2) is 0 Å². The van der Waals surface area contributed by atoms with Crippen LogP contribution in [0.1, 0.15) is 127 Å². The Balaban J connectivity index is 0.000000186. The molecule has 4 aliphatic rings. The Labute approximate surface area is 370 Å². The minimum absolute atomic E-state index is 0.287. The molecule has 6 heterocycles. The summed E-state index contributed by atoms with van der Waals surface area (Å²) in [6.07, 6.45) is 11.5. The Morgan fingerprint density at radius 1 is 0.613 bits per heavy atom. The predicted molar refractivity (Wildman–Crippen MR) is 247 cm³/mol. The van der Waals surface area contributed by atoms with Crippen LogP contribution >= 0.6 is 0 Å². The average molecular weight is 837 g/mol. The summed E-state index contributed by atoms with van der Waals surface area (Å²) in [6, 6.07) is 21.6. The quantitative estimate of drug-likeness (QED) is 0.172. The second-order valence-electron chi connectivity index (χ2n) is 19.7. The number of rotatable bonds is 8. The minimum atomic E-state index is 0.287. The van der Waals surface area contributed by atoms with Crippen LogP contribution in [0.2, 0.25) is 0 Å². The number of aromatic nitrogens is 2. The Bertz CT molecular complexity index is 2100. The Morgan fingerprint density at radius 2 is 1.00 bits per heavy atom. The molecule has 62 heavy (non-hydrogen) atoms. The molecule has 0 N–H and O–H groups in total. The highest BCUT2D eigenvalue weighted by Gasteiger charge is 2.34. The van der Waals surface area contributed by atoms with E-state index < -0.39 is 0 Å². The SMILES string of the molecule is CC(C)N1CCC(CC(=O)N2CC(c3ccc(C#N)c4ncccc34)C[C@H](C)C2)CC1.CC(C)N1CCC(CC(=O)N2C[C@H](C)C[C@H](c3ccc(C#N)c4ncccc34)C2)CC1. The van der Waals surface area contributed by atoms with Crippen LogP contribution in [0.3, 0.4) is 0 Å². The van der Waals surface area contributed by atoms with Gasteiger partial charge in [-0.3, -0.25) is 19.6 Å². The maximum atomic E-state index is 13.2. The second-order valence-corrected chi connectivity index (χ2v) is 19.7. The lowest BCUT2D eigenvalue weighted by molar-refractivity contribution is -0.135. The minimum Gasteiger partial charge on any atom is -0.342 e. The van der Waals surface area contributed by atoms with E-state index in [0.717, 1.165) is 113 Å². The second kappa shape index (κ2) is 20.5. The number of nitriles is 2. The molecule has 10 nitrogen and oxygen atoms in total. The molecule has 8 rings (SSSR count). The van der Waals surface area contributed by atoms with Gasteiger partial charge in [-0.05, 0) is 151 Å². The molecular formula is C52H68N8O2. The largest absolute Gasteiger partial charge is 0.342 e.